The number of carboxylic acid groups (broad SMARTS) is 2. The zero-order valence-corrected chi connectivity index (χ0v) is 27.2. The maximum Gasteiger partial charge on any atom is 0.348 e. The van der Waals surface area contributed by atoms with Crippen LogP contribution in [0.25, 0.3) is 0 Å². The molecule has 1 aliphatic heterocycles. The van der Waals surface area contributed by atoms with E-state index in [0.29, 0.717) is 11.5 Å². The van der Waals surface area contributed by atoms with Gasteiger partial charge in [-0.2, -0.15) is 0 Å². The van der Waals surface area contributed by atoms with Crippen molar-refractivity contribution in [3.8, 4) is 5.75 Å². The van der Waals surface area contributed by atoms with Gasteiger partial charge in [-0.3, -0.25) is 14.5 Å². The number of benzene rings is 3. The molecule has 3 aromatic rings. The molecule has 4 N–H and O–H groups in total. The fraction of sp³-hybridized carbons (Fsp3) is 0.405. The quantitative estimate of drug-likeness (QED) is 0.168. The van der Waals surface area contributed by atoms with Crippen LogP contribution < -0.4 is 4.74 Å². The average Bonchev–Trinajstić information content (AvgIpc) is 3.05. The Morgan fingerprint density at radius 2 is 1.34 bits per heavy atom. The van der Waals surface area contributed by atoms with Gasteiger partial charge in [-0.05, 0) is 67.3 Å². The van der Waals surface area contributed by atoms with Gasteiger partial charge in [-0.15, -0.1) is 0 Å². The van der Waals surface area contributed by atoms with Crippen molar-refractivity contribution in [3.05, 3.63) is 101 Å². The Morgan fingerprint density at radius 3 is 1.72 bits per heavy atom. The van der Waals surface area contributed by atoms with Crippen molar-refractivity contribution in [2.24, 2.45) is 11.3 Å². The molecule has 5 rings (SSSR count). The third kappa shape index (κ3) is 6.58. The summed E-state index contributed by atoms with van der Waals surface area (Å²) in [5.41, 5.74) is -5.13. The maximum absolute atomic E-state index is 12.6. The lowest BCUT2D eigenvalue weighted by atomic mass is 9.57. The van der Waals surface area contributed by atoms with E-state index in [-0.39, 0.29) is 0 Å². The van der Waals surface area contributed by atoms with Crippen molar-refractivity contribution in [2.45, 2.75) is 63.2 Å². The van der Waals surface area contributed by atoms with Gasteiger partial charge in [0.25, 0.3) is 11.2 Å². The van der Waals surface area contributed by atoms with Crippen LogP contribution in [0, 0.1) is 11.3 Å². The van der Waals surface area contributed by atoms with E-state index in [9.17, 15) is 39.6 Å². The van der Waals surface area contributed by atoms with E-state index < -0.39 is 45.8 Å². The van der Waals surface area contributed by atoms with Gasteiger partial charge in [0.05, 0.1) is 7.11 Å². The Kier molecular flexibility index (Phi) is 10.7. The number of fused-ring (bicyclic) bond motifs is 1. The van der Waals surface area contributed by atoms with Gasteiger partial charge < -0.3 is 25.2 Å². The van der Waals surface area contributed by atoms with Crippen molar-refractivity contribution in [3.63, 3.8) is 0 Å². The van der Waals surface area contributed by atoms with E-state index in [0.717, 1.165) is 35.9 Å². The molecule has 3 unspecified atom stereocenters. The smallest absolute Gasteiger partial charge is 0.348 e. The van der Waals surface area contributed by atoms with Crippen LogP contribution >= 0.6 is 0 Å². The Labute approximate surface area is 274 Å². The van der Waals surface area contributed by atoms with E-state index in [1.54, 1.807) is 7.11 Å². The van der Waals surface area contributed by atoms with Crippen molar-refractivity contribution in [2.75, 3.05) is 20.7 Å². The van der Waals surface area contributed by atoms with E-state index in [1.807, 2.05) is 0 Å². The largest absolute Gasteiger partial charge is 0.497 e. The van der Waals surface area contributed by atoms with Gasteiger partial charge in [-0.1, -0.05) is 87.0 Å². The molecule has 1 saturated carbocycles. The first-order chi connectivity index (χ1) is 22.2. The Balaban J connectivity index is 0.000000217. The van der Waals surface area contributed by atoms with Crippen LogP contribution in [-0.4, -0.2) is 80.7 Å². The molecule has 0 aromatic heterocycles. The summed E-state index contributed by atoms with van der Waals surface area (Å²) in [5.74, 6) is -6.25. The molecule has 0 saturated heterocycles. The molecule has 10 nitrogen and oxygen atoms in total. The highest BCUT2D eigenvalue weighted by atomic mass is 16.5. The molecule has 47 heavy (non-hydrogen) atoms. The number of likely N-dealkylation sites (N-methyl/N-ethyl adjacent to an activating group) is 1. The topological polar surface area (TPSA) is 162 Å². The summed E-state index contributed by atoms with van der Waals surface area (Å²) in [5, 5.41) is 39.9. The van der Waals surface area contributed by atoms with E-state index in [1.165, 1.54) is 86.2 Å². The number of carboxylic acids is 2. The number of aliphatic hydroxyl groups is 2. The summed E-state index contributed by atoms with van der Waals surface area (Å²) in [6.07, 6.45) is 6.69. The number of rotatable bonds is 11. The van der Waals surface area contributed by atoms with Crippen LogP contribution in [0.4, 0.5) is 0 Å². The molecule has 10 heteroatoms. The van der Waals surface area contributed by atoms with E-state index in [4.69, 9.17) is 4.74 Å². The second-order valence-electron chi connectivity index (χ2n) is 12.9. The Bertz CT molecular complexity index is 1530. The number of carbonyl (C=O) groups excluding carboxylic acids is 2. The number of hydrogen-bond donors (Lipinski definition) is 4. The van der Waals surface area contributed by atoms with Gasteiger partial charge >= 0.3 is 11.9 Å². The summed E-state index contributed by atoms with van der Waals surface area (Å²) in [6.45, 7) is 5.93. The lowest BCUT2D eigenvalue weighted by molar-refractivity contribution is -0.187. The van der Waals surface area contributed by atoms with Gasteiger partial charge in [0.1, 0.15) is 5.75 Å². The minimum atomic E-state index is -3.95. The number of nitrogens with zero attached hydrogens (tertiary/aromatic N) is 1. The molecule has 1 aliphatic carbocycles. The maximum atomic E-state index is 12.6. The van der Waals surface area contributed by atoms with Crippen molar-refractivity contribution < 1.29 is 44.3 Å². The van der Waals surface area contributed by atoms with Gasteiger partial charge in [0.2, 0.25) is 11.6 Å². The van der Waals surface area contributed by atoms with Gasteiger partial charge in [0.15, 0.2) is 0 Å². The standard InChI is InChI=1S/C19H29NO.C18H14O8/c1-14(2)13-19(9-5-10-19)18-17-12-16(21-4)7-6-15(17)8-11-20(18)3;19-13(11-7-3-1-4-8-11)17(25,15(21)22)18(26,16(23)24)14(20)12-9-5-2-6-10-12/h6-7,12,14,18H,5,8-11,13H2,1-4H3;1-10,25-26H,(H,21,22)(H,23,24). The second kappa shape index (κ2) is 14.2. The number of ketones is 2. The van der Waals surface area contributed by atoms with Crippen molar-refractivity contribution in [1.82, 2.24) is 4.90 Å². The van der Waals surface area contributed by atoms with Crippen LogP contribution in [0.15, 0.2) is 78.9 Å². The van der Waals surface area contributed by atoms with Crippen molar-refractivity contribution >= 4 is 23.5 Å². The minimum absolute atomic E-state index is 0.391. The summed E-state index contributed by atoms with van der Waals surface area (Å²) < 4.78 is 5.49. The minimum Gasteiger partial charge on any atom is -0.497 e. The number of carbonyl (C=O) groups is 4. The van der Waals surface area contributed by atoms with Crippen LogP contribution in [0.3, 0.4) is 0 Å². The van der Waals surface area contributed by atoms with Gasteiger partial charge in [-0.25, -0.2) is 9.59 Å². The molecule has 1 fully saturated rings. The molecular formula is C37H43NO9. The Hall–Kier alpha value is -4.38. The monoisotopic (exact) mass is 645 g/mol. The highest BCUT2D eigenvalue weighted by molar-refractivity contribution is 6.28. The van der Waals surface area contributed by atoms with E-state index >= 15 is 0 Å². The predicted molar refractivity (Wildman–Crippen MR) is 175 cm³/mol. The molecule has 0 amide bonds. The molecule has 3 aromatic carbocycles. The number of methoxy groups -OCH3 is 1. The highest BCUT2D eigenvalue weighted by Gasteiger charge is 2.69. The summed E-state index contributed by atoms with van der Waals surface area (Å²) in [6, 6.07) is 20.1. The molecular weight excluding hydrogens is 602 g/mol. The number of hydrogen-bond acceptors (Lipinski definition) is 8. The van der Waals surface area contributed by atoms with Crippen LogP contribution in [0.1, 0.15) is 77.4 Å². The highest BCUT2D eigenvalue weighted by Crippen LogP contribution is 2.57. The van der Waals surface area contributed by atoms with Gasteiger partial charge in [0, 0.05) is 23.7 Å². The van der Waals surface area contributed by atoms with Crippen molar-refractivity contribution in [1.29, 1.82) is 0 Å². The SMILES string of the molecule is COc1ccc2c(c1)C(C1(CC(C)C)CCC1)N(C)CC2.O=C(O)C(O)(C(=O)c1ccccc1)C(O)(C(=O)O)C(=O)c1ccccc1. The lowest BCUT2D eigenvalue weighted by Gasteiger charge is -2.54. The first kappa shape index (κ1) is 35.5. The lowest BCUT2D eigenvalue weighted by Crippen LogP contribution is -2.71. The summed E-state index contributed by atoms with van der Waals surface area (Å²) in [7, 11) is 4.09. The summed E-state index contributed by atoms with van der Waals surface area (Å²) in [4.78, 5) is 51.1. The molecule has 2 aliphatic rings. The zero-order chi connectivity index (χ0) is 34.6. The molecule has 0 bridgehead atoms. The average molecular weight is 646 g/mol. The third-order valence-electron chi connectivity index (χ3n) is 9.44. The first-order valence-corrected chi connectivity index (χ1v) is 15.7. The fourth-order valence-corrected chi connectivity index (χ4v) is 7.11. The Morgan fingerprint density at radius 1 is 0.851 bits per heavy atom. The molecule has 0 radical (unpaired) electrons. The van der Waals surface area contributed by atoms with Crippen LogP contribution in [-0.2, 0) is 16.0 Å². The number of ether oxygens (including phenoxy) is 1. The molecule has 3 atom stereocenters. The second-order valence-corrected chi connectivity index (χ2v) is 12.9. The zero-order valence-electron chi connectivity index (χ0n) is 27.2. The first-order valence-electron chi connectivity index (χ1n) is 15.7. The molecule has 250 valence electrons. The molecule has 0 spiro atoms. The normalized spacial score (nSPS) is 19.4. The predicted octanol–water partition coefficient (Wildman–Crippen LogP) is 4.82. The summed E-state index contributed by atoms with van der Waals surface area (Å²) >= 11 is 0. The molecule has 1 heterocycles. The van der Waals surface area contributed by atoms with Crippen LogP contribution in [0.5, 0.6) is 5.75 Å². The van der Waals surface area contributed by atoms with Crippen LogP contribution in [0.2, 0.25) is 0 Å². The van der Waals surface area contributed by atoms with E-state index in [2.05, 4.69) is 44.0 Å². The number of Topliss-reactive ketones (excluding diaryl/α,β-unsaturated/α-hetero) is 2. The number of aliphatic carboxylic acids is 2. The fourth-order valence-electron chi connectivity index (χ4n) is 7.11. The third-order valence-corrected chi connectivity index (χ3v) is 9.44.